The van der Waals surface area contributed by atoms with Gasteiger partial charge in [0.15, 0.2) is 0 Å². The van der Waals surface area contributed by atoms with Crippen LogP contribution in [-0.4, -0.2) is 160 Å². The molecule has 4 aliphatic rings. The molecule has 0 amide bonds. The van der Waals surface area contributed by atoms with Crippen LogP contribution in [0, 0.1) is 0 Å². The summed E-state index contributed by atoms with van der Waals surface area (Å²) in [5.74, 6) is 0. The van der Waals surface area contributed by atoms with E-state index >= 15 is 0 Å². The molecular formula is C43H100N6O2. The second-order valence-corrected chi connectivity index (χ2v) is 15.8. The van der Waals surface area contributed by atoms with E-state index in [2.05, 4.69) is 120 Å². The van der Waals surface area contributed by atoms with Crippen LogP contribution in [0.25, 0.3) is 0 Å². The van der Waals surface area contributed by atoms with Crippen LogP contribution >= 0.6 is 0 Å². The van der Waals surface area contributed by atoms with Crippen LogP contribution < -0.4 is 5.32 Å². The second-order valence-electron chi connectivity index (χ2n) is 15.8. The third-order valence-corrected chi connectivity index (χ3v) is 10.4. The molecule has 0 aromatic heterocycles. The van der Waals surface area contributed by atoms with Gasteiger partial charge in [-0.3, -0.25) is 9.80 Å². The summed E-state index contributed by atoms with van der Waals surface area (Å²) < 4.78 is 11.3. The summed E-state index contributed by atoms with van der Waals surface area (Å²) in [5.41, 5.74) is 0. The van der Waals surface area contributed by atoms with Gasteiger partial charge in [0.25, 0.3) is 0 Å². The van der Waals surface area contributed by atoms with Crippen LogP contribution in [-0.2, 0) is 9.47 Å². The van der Waals surface area contributed by atoms with E-state index in [0.29, 0.717) is 36.4 Å². The zero-order valence-corrected chi connectivity index (χ0v) is 33.9. The van der Waals surface area contributed by atoms with E-state index in [0.717, 1.165) is 18.7 Å². The van der Waals surface area contributed by atoms with Crippen LogP contribution in [0.2, 0.25) is 0 Å². The Labute approximate surface area is 324 Å². The van der Waals surface area contributed by atoms with Crippen molar-refractivity contribution in [2.45, 2.75) is 199 Å². The largest absolute Gasteiger partial charge is 0.377 e. The third-order valence-electron chi connectivity index (χ3n) is 10.4. The number of likely N-dealkylation sites (N-methyl/N-ethyl adjacent to an activating group) is 2. The number of nitrogens with one attached hydrogen (secondary N) is 1. The van der Waals surface area contributed by atoms with Gasteiger partial charge in [-0.05, 0) is 153 Å². The second kappa shape index (κ2) is 33.1. The van der Waals surface area contributed by atoms with Crippen LogP contribution in [0.1, 0.15) is 150 Å². The van der Waals surface area contributed by atoms with E-state index in [1.807, 2.05) is 0 Å². The van der Waals surface area contributed by atoms with E-state index in [1.54, 1.807) is 0 Å². The quantitative estimate of drug-likeness (QED) is 0.214. The minimum Gasteiger partial charge on any atom is -0.377 e. The van der Waals surface area contributed by atoms with Gasteiger partial charge in [-0.1, -0.05) is 57.4 Å². The first-order chi connectivity index (χ1) is 22.3. The van der Waals surface area contributed by atoms with Crippen molar-refractivity contribution in [3.05, 3.63) is 0 Å². The number of rotatable bonds is 12. The van der Waals surface area contributed by atoms with E-state index in [9.17, 15) is 0 Å². The molecule has 51 heavy (non-hydrogen) atoms. The summed E-state index contributed by atoms with van der Waals surface area (Å²) in [4.78, 5) is 12.4. The lowest BCUT2D eigenvalue weighted by Crippen LogP contribution is -2.44. The van der Waals surface area contributed by atoms with Crippen molar-refractivity contribution in [3.63, 3.8) is 0 Å². The zero-order valence-electron chi connectivity index (χ0n) is 33.9. The molecule has 4 rings (SSSR count). The lowest BCUT2D eigenvalue weighted by atomic mass is 10.0. The SMILES string of the molecule is C.C.C.C.CC(C)N(C)C1CCN(C)CC1.CC(C)OC1CCN(C)CC1.CCN1CCCC1CNC(C)C.CCN1CCCC1COC(C)C. The van der Waals surface area contributed by atoms with Crippen molar-refractivity contribution in [1.82, 2.24) is 29.8 Å². The monoisotopic (exact) mass is 733 g/mol. The molecule has 8 heteroatoms. The van der Waals surface area contributed by atoms with Crippen molar-refractivity contribution < 1.29 is 9.47 Å². The molecule has 2 atom stereocenters. The van der Waals surface area contributed by atoms with Crippen molar-refractivity contribution in [2.24, 2.45) is 0 Å². The molecule has 2 unspecified atom stereocenters. The number of ether oxygens (including phenoxy) is 2. The van der Waals surface area contributed by atoms with Gasteiger partial charge in [0.1, 0.15) is 0 Å². The molecule has 0 aliphatic carbocycles. The predicted molar refractivity (Wildman–Crippen MR) is 232 cm³/mol. The summed E-state index contributed by atoms with van der Waals surface area (Å²) in [6, 6.07) is 3.64. The predicted octanol–water partition coefficient (Wildman–Crippen LogP) is 8.84. The van der Waals surface area contributed by atoms with Gasteiger partial charge in [0.2, 0.25) is 0 Å². The molecule has 0 bridgehead atoms. The average Bonchev–Trinajstić information content (AvgIpc) is 3.70. The molecule has 0 aromatic carbocycles. The van der Waals surface area contributed by atoms with Crippen molar-refractivity contribution in [2.75, 3.05) is 86.7 Å². The Morgan fingerprint density at radius 2 is 1.08 bits per heavy atom. The van der Waals surface area contributed by atoms with E-state index in [1.165, 1.54) is 110 Å². The van der Waals surface area contributed by atoms with Gasteiger partial charge >= 0.3 is 0 Å². The Morgan fingerprint density at radius 3 is 1.49 bits per heavy atom. The van der Waals surface area contributed by atoms with Crippen LogP contribution in [0.15, 0.2) is 0 Å². The Morgan fingerprint density at radius 1 is 0.627 bits per heavy atom. The first-order valence-electron chi connectivity index (χ1n) is 19.8. The van der Waals surface area contributed by atoms with Gasteiger partial charge in [-0.25, -0.2) is 0 Å². The van der Waals surface area contributed by atoms with Gasteiger partial charge in [0, 0.05) is 49.8 Å². The highest BCUT2D eigenvalue weighted by molar-refractivity contribution is 4.81. The maximum atomic E-state index is 5.71. The zero-order chi connectivity index (χ0) is 35.4. The first-order valence-corrected chi connectivity index (χ1v) is 19.8. The molecule has 4 aliphatic heterocycles. The van der Waals surface area contributed by atoms with Gasteiger partial charge in [0.05, 0.1) is 24.9 Å². The average molecular weight is 733 g/mol. The highest BCUT2D eigenvalue weighted by Crippen LogP contribution is 2.18. The van der Waals surface area contributed by atoms with E-state index in [4.69, 9.17) is 9.47 Å². The molecule has 0 saturated carbocycles. The summed E-state index contributed by atoms with van der Waals surface area (Å²) in [6.45, 7) is 33.9. The maximum Gasteiger partial charge on any atom is 0.0625 e. The molecule has 0 spiro atoms. The molecule has 4 heterocycles. The minimum absolute atomic E-state index is 0. The first kappa shape index (κ1) is 57.4. The molecule has 0 aromatic rings. The lowest BCUT2D eigenvalue weighted by molar-refractivity contribution is -0.0232. The Balaban J connectivity index is -0.000000282. The Hall–Kier alpha value is -0.320. The lowest BCUT2D eigenvalue weighted by Gasteiger charge is -2.37. The van der Waals surface area contributed by atoms with E-state index < -0.39 is 0 Å². The van der Waals surface area contributed by atoms with Gasteiger partial charge in [-0.2, -0.15) is 0 Å². The Kier molecular flexibility index (Phi) is 37.2. The molecule has 314 valence electrons. The summed E-state index contributed by atoms with van der Waals surface area (Å²) in [6.07, 6.45) is 11.8. The smallest absolute Gasteiger partial charge is 0.0625 e. The fourth-order valence-corrected chi connectivity index (χ4v) is 7.05. The summed E-state index contributed by atoms with van der Waals surface area (Å²) >= 11 is 0. The molecule has 4 fully saturated rings. The van der Waals surface area contributed by atoms with Gasteiger partial charge < -0.3 is 29.5 Å². The summed E-state index contributed by atoms with van der Waals surface area (Å²) in [7, 11) is 6.64. The molecule has 0 radical (unpaired) electrons. The molecule has 4 saturated heterocycles. The van der Waals surface area contributed by atoms with Crippen molar-refractivity contribution in [1.29, 1.82) is 0 Å². The highest BCUT2D eigenvalue weighted by Gasteiger charge is 2.24. The van der Waals surface area contributed by atoms with Gasteiger partial charge in [-0.15, -0.1) is 0 Å². The minimum atomic E-state index is 0. The number of hydrogen-bond donors (Lipinski definition) is 1. The normalized spacial score (nSPS) is 22.2. The van der Waals surface area contributed by atoms with Crippen LogP contribution in [0.5, 0.6) is 0 Å². The number of piperidine rings is 2. The molecule has 8 nitrogen and oxygen atoms in total. The maximum absolute atomic E-state index is 5.71. The van der Waals surface area contributed by atoms with Crippen molar-refractivity contribution >= 4 is 0 Å². The Bertz CT molecular complexity index is 693. The third kappa shape index (κ3) is 26.2. The standard InChI is InChI=1S/2C10H22N2.C10H21NO.C9H19NO.4CH4/c1-9(2)12(4)10-5-7-11(3)8-6-10;1-4-12-7-5-6-10(12)8-11-9(2)3;1-4-11-7-5-6-10(11)8-12-9(2)3;1-8(2)11-9-4-6-10(3)7-5-9;;;;/h9-10H,5-8H2,1-4H3;9-11H,4-8H2,1-3H3;9-10H,4-8H2,1-3H3;8-9H,4-7H2,1-3H3;4*1H4. The van der Waals surface area contributed by atoms with Crippen molar-refractivity contribution in [3.8, 4) is 0 Å². The molecular weight excluding hydrogens is 633 g/mol. The highest BCUT2D eigenvalue weighted by atomic mass is 16.5. The summed E-state index contributed by atoms with van der Waals surface area (Å²) in [5, 5.41) is 3.51. The number of likely N-dealkylation sites (tertiary alicyclic amines) is 4. The van der Waals surface area contributed by atoms with Crippen LogP contribution in [0.3, 0.4) is 0 Å². The van der Waals surface area contributed by atoms with Crippen LogP contribution in [0.4, 0.5) is 0 Å². The topological polar surface area (TPSA) is 46.7 Å². The number of hydrogen-bond acceptors (Lipinski definition) is 8. The molecule has 1 N–H and O–H groups in total. The number of nitrogens with zero attached hydrogens (tertiary/aromatic N) is 5. The van der Waals surface area contributed by atoms with E-state index in [-0.39, 0.29) is 29.7 Å². The fraction of sp³-hybridized carbons (Fsp3) is 1.00. The fourth-order valence-electron chi connectivity index (χ4n) is 7.05.